The van der Waals surface area contributed by atoms with Gasteiger partial charge in [-0.1, -0.05) is 17.2 Å². The van der Waals surface area contributed by atoms with Crippen LogP contribution in [0.2, 0.25) is 0 Å². The molecule has 0 aliphatic carbocycles. The Labute approximate surface area is 135 Å². The third-order valence-corrected chi connectivity index (χ3v) is 3.38. The quantitative estimate of drug-likeness (QED) is 0.844. The van der Waals surface area contributed by atoms with Crippen LogP contribution in [0, 0.1) is 0 Å². The van der Waals surface area contributed by atoms with Gasteiger partial charge >= 0.3 is 5.97 Å². The van der Waals surface area contributed by atoms with Crippen LogP contribution in [0.25, 0.3) is 0 Å². The maximum atomic E-state index is 12.1. The molecule has 8 nitrogen and oxygen atoms in total. The van der Waals surface area contributed by atoms with E-state index >= 15 is 0 Å². The van der Waals surface area contributed by atoms with Gasteiger partial charge in [0.05, 0.1) is 17.4 Å². The molecule has 0 bridgehead atoms. The fraction of sp³-hybridized carbons (Fsp3) is 0.125. The smallest absolute Gasteiger partial charge is 0.354 e. The Morgan fingerprint density at radius 2 is 1.71 bits per heavy atom. The Hall–Kier alpha value is -3.42. The number of carbonyl (C=O) groups excluding carboxylic acids is 4. The van der Waals surface area contributed by atoms with Crippen molar-refractivity contribution >= 4 is 23.7 Å². The lowest BCUT2D eigenvalue weighted by Gasteiger charge is -2.16. The highest BCUT2D eigenvalue weighted by Gasteiger charge is 2.39. The second-order valence-electron chi connectivity index (χ2n) is 5.03. The summed E-state index contributed by atoms with van der Waals surface area (Å²) in [5.74, 6) is -3.01. The maximum absolute atomic E-state index is 12.1. The van der Waals surface area contributed by atoms with Crippen molar-refractivity contribution in [3.05, 3.63) is 59.5 Å². The van der Waals surface area contributed by atoms with Gasteiger partial charge in [-0.15, -0.1) is 0 Å². The lowest BCUT2D eigenvalue weighted by molar-refractivity contribution is -0.170. The van der Waals surface area contributed by atoms with E-state index < -0.39 is 29.7 Å². The van der Waals surface area contributed by atoms with Gasteiger partial charge in [-0.25, -0.2) is 4.79 Å². The first-order valence-electron chi connectivity index (χ1n) is 7.03. The minimum Gasteiger partial charge on any atom is -0.459 e. The standard InChI is InChI=1S/C16H12N2O6/c1-9(17-13(19)12-7-4-8-23-12)16(22)24-18-14(20)10-5-2-3-6-11(10)15(18)21/h2-9H,1H3,(H,17,19)/t9-/m0/s1. The molecule has 0 radical (unpaired) electrons. The van der Waals surface area contributed by atoms with E-state index in [-0.39, 0.29) is 16.9 Å². The van der Waals surface area contributed by atoms with E-state index in [1.807, 2.05) is 0 Å². The summed E-state index contributed by atoms with van der Waals surface area (Å²) in [6, 6.07) is 7.99. The third-order valence-electron chi connectivity index (χ3n) is 3.38. The summed E-state index contributed by atoms with van der Waals surface area (Å²) >= 11 is 0. The van der Waals surface area contributed by atoms with Crippen molar-refractivity contribution < 1.29 is 28.4 Å². The third kappa shape index (κ3) is 2.65. The minimum absolute atomic E-state index is 0.0235. The molecule has 24 heavy (non-hydrogen) atoms. The van der Waals surface area contributed by atoms with Crippen molar-refractivity contribution in [2.24, 2.45) is 0 Å². The molecular weight excluding hydrogens is 316 g/mol. The van der Waals surface area contributed by atoms with Crippen molar-refractivity contribution in [2.45, 2.75) is 13.0 Å². The lowest BCUT2D eigenvalue weighted by atomic mass is 10.1. The van der Waals surface area contributed by atoms with Crippen molar-refractivity contribution in [3.8, 4) is 0 Å². The number of hydrogen-bond acceptors (Lipinski definition) is 6. The predicted molar refractivity (Wildman–Crippen MR) is 78.7 cm³/mol. The molecule has 2 aromatic rings. The van der Waals surface area contributed by atoms with Crippen molar-refractivity contribution in [2.75, 3.05) is 0 Å². The predicted octanol–water partition coefficient (Wildman–Crippen LogP) is 1.15. The number of rotatable bonds is 4. The summed E-state index contributed by atoms with van der Waals surface area (Å²) in [5, 5.41) is 2.74. The summed E-state index contributed by atoms with van der Waals surface area (Å²) in [7, 11) is 0. The van der Waals surface area contributed by atoms with Crippen LogP contribution in [0.15, 0.2) is 47.1 Å². The van der Waals surface area contributed by atoms with E-state index in [9.17, 15) is 19.2 Å². The minimum atomic E-state index is -1.09. The number of fused-ring (bicyclic) bond motifs is 1. The number of nitrogens with one attached hydrogen (secondary N) is 1. The van der Waals surface area contributed by atoms with Crippen LogP contribution in [-0.4, -0.2) is 34.8 Å². The summed E-state index contributed by atoms with van der Waals surface area (Å²) in [6.45, 7) is 1.36. The SMILES string of the molecule is C[C@H](NC(=O)c1ccco1)C(=O)ON1C(=O)c2ccccc2C1=O. The van der Waals surface area contributed by atoms with Gasteiger partial charge in [0, 0.05) is 0 Å². The molecule has 0 fully saturated rings. The van der Waals surface area contributed by atoms with Gasteiger partial charge in [-0.2, -0.15) is 0 Å². The largest absolute Gasteiger partial charge is 0.459 e. The molecule has 1 aromatic carbocycles. The molecule has 0 saturated carbocycles. The Bertz CT molecular complexity index is 792. The first-order valence-corrected chi connectivity index (χ1v) is 7.03. The average molecular weight is 328 g/mol. The Kier molecular flexibility index (Phi) is 3.87. The van der Waals surface area contributed by atoms with Crippen molar-refractivity contribution in [1.82, 2.24) is 10.4 Å². The summed E-state index contributed by atoms with van der Waals surface area (Å²) < 4.78 is 4.90. The number of hydrogen-bond donors (Lipinski definition) is 1. The molecule has 122 valence electrons. The van der Waals surface area contributed by atoms with E-state index in [1.54, 1.807) is 12.1 Å². The normalized spacial score (nSPS) is 14.3. The Morgan fingerprint density at radius 3 is 2.25 bits per heavy atom. The second kappa shape index (κ2) is 5.99. The highest BCUT2D eigenvalue weighted by atomic mass is 16.7. The van der Waals surface area contributed by atoms with E-state index in [2.05, 4.69) is 5.32 Å². The Balaban J connectivity index is 1.66. The zero-order valence-corrected chi connectivity index (χ0v) is 12.5. The van der Waals surface area contributed by atoms with Gasteiger partial charge in [-0.05, 0) is 31.2 Å². The first-order chi connectivity index (χ1) is 11.5. The van der Waals surface area contributed by atoms with E-state index in [0.717, 1.165) is 0 Å². The molecule has 3 amide bonds. The van der Waals surface area contributed by atoms with Crippen LogP contribution in [0.5, 0.6) is 0 Å². The van der Waals surface area contributed by atoms with Crippen LogP contribution in [0.1, 0.15) is 38.2 Å². The second-order valence-corrected chi connectivity index (χ2v) is 5.03. The van der Waals surface area contributed by atoms with Gasteiger partial charge in [0.2, 0.25) is 0 Å². The molecule has 1 atom stereocenters. The molecule has 0 saturated heterocycles. The molecule has 1 aromatic heterocycles. The maximum Gasteiger partial charge on any atom is 0.354 e. The van der Waals surface area contributed by atoms with Gasteiger partial charge in [0.25, 0.3) is 17.7 Å². The molecule has 0 spiro atoms. The number of benzene rings is 1. The van der Waals surface area contributed by atoms with Crippen LogP contribution in [-0.2, 0) is 9.63 Å². The number of furan rings is 1. The molecule has 0 unspecified atom stereocenters. The Morgan fingerprint density at radius 1 is 1.08 bits per heavy atom. The number of hydroxylamine groups is 2. The summed E-state index contributed by atoms with van der Waals surface area (Å²) in [4.78, 5) is 52.9. The number of nitrogens with zero attached hydrogens (tertiary/aromatic N) is 1. The molecule has 8 heteroatoms. The van der Waals surface area contributed by atoms with E-state index in [4.69, 9.17) is 9.25 Å². The number of imide groups is 1. The van der Waals surface area contributed by atoms with Crippen LogP contribution >= 0.6 is 0 Å². The molecule has 1 aliphatic heterocycles. The van der Waals surface area contributed by atoms with Gasteiger partial charge in [0.1, 0.15) is 6.04 Å². The van der Waals surface area contributed by atoms with E-state index in [1.165, 1.54) is 37.5 Å². The van der Waals surface area contributed by atoms with E-state index in [0.29, 0.717) is 5.06 Å². The summed E-state index contributed by atoms with van der Waals surface area (Å²) in [6.07, 6.45) is 1.32. The molecule has 2 heterocycles. The van der Waals surface area contributed by atoms with Gasteiger partial charge in [0.15, 0.2) is 5.76 Å². The zero-order valence-electron chi connectivity index (χ0n) is 12.5. The number of amides is 3. The van der Waals surface area contributed by atoms with Crippen molar-refractivity contribution in [3.63, 3.8) is 0 Å². The van der Waals surface area contributed by atoms with Gasteiger partial charge < -0.3 is 14.6 Å². The summed E-state index contributed by atoms with van der Waals surface area (Å²) in [5.41, 5.74) is 0.310. The molecule has 3 rings (SSSR count). The topological polar surface area (TPSA) is 106 Å². The van der Waals surface area contributed by atoms with Gasteiger partial charge in [-0.3, -0.25) is 14.4 Å². The zero-order chi connectivity index (χ0) is 17.3. The van der Waals surface area contributed by atoms with Crippen molar-refractivity contribution in [1.29, 1.82) is 0 Å². The first kappa shape index (κ1) is 15.5. The van der Waals surface area contributed by atoms with Crippen LogP contribution in [0.3, 0.4) is 0 Å². The lowest BCUT2D eigenvalue weighted by Crippen LogP contribution is -2.43. The molecule has 1 aliphatic rings. The van der Waals surface area contributed by atoms with Crippen LogP contribution in [0.4, 0.5) is 0 Å². The monoisotopic (exact) mass is 328 g/mol. The average Bonchev–Trinajstić information content (AvgIpc) is 3.19. The molecule has 1 N–H and O–H groups in total. The fourth-order valence-electron chi connectivity index (χ4n) is 2.15. The highest BCUT2D eigenvalue weighted by molar-refractivity contribution is 6.20. The fourth-order valence-corrected chi connectivity index (χ4v) is 2.15. The highest BCUT2D eigenvalue weighted by Crippen LogP contribution is 2.22. The number of carbonyl (C=O) groups is 4. The molecular formula is C16H12N2O6. The van der Waals surface area contributed by atoms with Crippen LogP contribution < -0.4 is 5.32 Å².